The lowest BCUT2D eigenvalue weighted by atomic mass is 9.71. The SMILES string of the molecule is COC(=O)c1ccc(C(=O)NC2CCC(C)(C)c3ccccc32)nc1. The van der Waals surface area contributed by atoms with Gasteiger partial charge < -0.3 is 10.1 Å². The average molecular weight is 338 g/mol. The fraction of sp³-hybridized carbons (Fsp3) is 0.350. The van der Waals surface area contributed by atoms with E-state index in [0.717, 1.165) is 12.8 Å². The smallest absolute Gasteiger partial charge is 0.339 e. The van der Waals surface area contributed by atoms with Crippen molar-refractivity contribution in [1.29, 1.82) is 0 Å². The summed E-state index contributed by atoms with van der Waals surface area (Å²) in [6.07, 6.45) is 3.25. The normalized spacial score (nSPS) is 18.1. The van der Waals surface area contributed by atoms with Crippen molar-refractivity contribution >= 4 is 11.9 Å². The standard InChI is InChI=1S/C20H22N2O3/c1-20(2)11-10-16(14-6-4-5-7-15(14)20)22-18(23)17-9-8-13(12-21-17)19(24)25-3/h4-9,12,16H,10-11H2,1-3H3,(H,22,23). The molecular formula is C20H22N2O3. The zero-order valence-corrected chi connectivity index (χ0v) is 14.7. The van der Waals surface area contributed by atoms with Crippen LogP contribution in [0.1, 0.15) is 64.7 Å². The molecule has 2 aromatic rings. The van der Waals surface area contributed by atoms with Gasteiger partial charge in [-0.3, -0.25) is 9.78 Å². The highest BCUT2D eigenvalue weighted by Crippen LogP contribution is 2.41. The van der Waals surface area contributed by atoms with Gasteiger partial charge in [0.25, 0.3) is 5.91 Å². The largest absolute Gasteiger partial charge is 0.465 e. The molecule has 0 saturated carbocycles. The zero-order chi connectivity index (χ0) is 18.0. The molecule has 1 aliphatic carbocycles. The van der Waals surface area contributed by atoms with Crippen LogP contribution in [0.3, 0.4) is 0 Å². The van der Waals surface area contributed by atoms with Crippen LogP contribution in [0, 0.1) is 0 Å². The minimum absolute atomic E-state index is 0.0289. The second-order valence-electron chi connectivity index (χ2n) is 6.96. The predicted molar refractivity (Wildman–Crippen MR) is 94.5 cm³/mol. The summed E-state index contributed by atoms with van der Waals surface area (Å²) in [5, 5.41) is 3.07. The molecule has 0 aliphatic heterocycles. The van der Waals surface area contributed by atoms with E-state index < -0.39 is 5.97 Å². The van der Waals surface area contributed by atoms with Crippen LogP contribution in [-0.2, 0) is 10.2 Å². The third-order valence-electron chi connectivity index (χ3n) is 4.85. The molecule has 1 aliphatic rings. The predicted octanol–water partition coefficient (Wildman–Crippen LogP) is 3.41. The summed E-state index contributed by atoms with van der Waals surface area (Å²) in [6, 6.07) is 11.3. The Kier molecular flexibility index (Phi) is 4.57. The Morgan fingerprint density at radius 2 is 1.96 bits per heavy atom. The van der Waals surface area contributed by atoms with E-state index in [1.54, 1.807) is 12.1 Å². The molecule has 1 unspecified atom stereocenters. The summed E-state index contributed by atoms with van der Waals surface area (Å²) in [6.45, 7) is 4.47. The van der Waals surface area contributed by atoms with Gasteiger partial charge in [0.1, 0.15) is 5.69 Å². The van der Waals surface area contributed by atoms with Crippen LogP contribution in [0.25, 0.3) is 0 Å². The molecule has 1 aromatic carbocycles. The Hall–Kier alpha value is -2.69. The van der Waals surface area contributed by atoms with E-state index in [9.17, 15) is 9.59 Å². The Morgan fingerprint density at radius 3 is 2.64 bits per heavy atom. The topological polar surface area (TPSA) is 68.3 Å². The first-order valence-electron chi connectivity index (χ1n) is 8.37. The second kappa shape index (κ2) is 6.67. The first kappa shape index (κ1) is 17.1. The van der Waals surface area contributed by atoms with E-state index in [-0.39, 0.29) is 23.1 Å². The number of nitrogens with one attached hydrogen (secondary N) is 1. The molecule has 5 nitrogen and oxygen atoms in total. The maximum Gasteiger partial charge on any atom is 0.339 e. The Balaban J connectivity index is 1.79. The van der Waals surface area contributed by atoms with Crippen molar-refractivity contribution in [2.75, 3.05) is 7.11 Å². The lowest BCUT2D eigenvalue weighted by molar-refractivity contribution is 0.0599. The van der Waals surface area contributed by atoms with Crippen molar-refractivity contribution in [1.82, 2.24) is 10.3 Å². The number of carbonyl (C=O) groups is 2. The number of amides is 1. The summed E-state index contributed by atoms with van der Waals surface area (Å²) >= 11 is 0. The van der Waals surface area contributed by atoms with E-state index in [1.807, 2.05) is 12.1 Å². The van der Waals surface area contributed by atoms with Crippen molar-refractivity contribution in [2.45, 2.75) is 38.1 Å². The number of esters is 1. The zero-order valence-electron chi connectivity index (χ0n) is 14.7. The van der Waals surface area contributed by atoms with Crippen molar-refractivity contribution in [3.8, 4) is 0 Å². The van der Waals surface area contributed by atoms with Crippen LogP contribution in [-0.4, -0.2) is 24.0 Å². The molecule has 0 radical (unpaired) electrons. The number of methoxy groups -OCH3 is 1. The molecule has 0 fully saturated rings. The molecule has 3 rings (SSSR count). The molecule has 0 saturated heterocycles. The first-order valence-corrected chi connectivity index (χ1v) is 8.37. The number of pyridine rings is 1. The molecule has 25 heavy (non-hydrogen) atoms. The van der Waals surface area contributed by atoms with Gasteiger partial charge in [-0.25, -0.2) is 4.79 Å². The molecule has 130 valence electrons. The summed E-state index contributed by atoms with van der Waals surface area (Å²) in [4.78, 5) is 28.1. The van der Waals surface area contributed by atoms with Crippen LogP contribution in [0.4, 0.5) is 0 Å². The number of hydrogen-bond acceptors (Lipinski definition) is 4. The first-order chi connectivity index (χ1) is 11.9. The number of benzene rings is 1. The highest BCUT2D eigenvalue weighted by molar-refractivity contribution is 5.94. The number of ether oxygens (including phenoxy) is 1. The molecule has 1 amide bonds. The summed E-state index contributed by atoms with van der Waals surface area (Å²) in [5.41, 5.74) is 3.16. The van der Waals surface area contributed by atoms with Crippen molar-refractivity contribution in [3.05, 3.63) is 65.0 Å². The molecule has 0 spiro atoms. The number of aromatic nitrogens is 1. The van der Waals surface area contributed by atoms with E-state index >= 15 is 0 Å². The molecule has 0 bridgehead atoms. The number of fused-ring (bicyclic) bond motifs is 1. The summed E-state index contributed by atoms with van der Waals surface area (Å²) in [5.74, 6) is -0.709. The third kappa shape index (κ3) is 3.40. The number of nitrogens with zero attached hydrogens (tertiary/aromatic N) is 1. The lowest BCUT2D eigenvalue weighted by Gasteiger charge is -2.37. The molecule has 5 heteroatoms. The van der Waals surface area contributed by atoms with E-state index in [4.69, 9.17) is 0 Å². The van der Waals surface area contributed by atoms with Gasteiger partial charge in [0.15, 0.2) is 0 Å². The van der Waals surface area contributed by atoms with Crippen LogP contribution in [0.15, 0.2) is 42.6 Å². The fourth-order valence-corrected chi connectivity index (χ4v) is 3.36. The maximum atomic E-state index is 12.5. The molecule has 1 aromatic heterocycles. The lowest BCUT2D eigenvalue weighted by Crippen LogP contribution is -2.36. The van der Waals surface area contributed by atoms with Gasteiger partial charge in [-0.2, -0.15) is 0 Å². The van der Waals surface area contributed by atoms with Crippen LogP contribution in [0.2, 0.25) is 0 Å². The van der Waals surface area contributed by atoms with Crippen LogP contribution < -0.4 is 5.32 Å². The maximum absolute atomic E-state index is 12.5. The van der Waals surface area contributed by atoms with E-state index in [0.29, 0.717) is 5.56 Å². The van der Waals surface area contributed by atoms with Gasteiger partial charge in [0.05, 0.1) is 18.7 Å². The van der Waals surface area contributed by atoms with Gasteiger partial charge in [-0.1, -0.05) is 38.1 Å². The van der Waals surface area contributed by atoms with E-state index in [2.05, 4.69) is 41.0 Å². The second-order valence-corrected chi connectivity index (χ2v) is 6.96. The molecule has 1 heterocycles. The summed E-state index contributed by atoms with van der Waals surface area (Å²) in [7, 11) is 1.31. The third-order valence-corrected chi connectivity index (χ3v) is 4.85. The van der Waals surface area contributed by atoms with Gasteiger partial charge in [0.2, 0.25) is 0 Å². The van der Waals surface area contributed by atoms with Gasteiger partial charge in [-0.15, -0.1) is 0 Å². The Morgan fingerprint density at radius 1 is 1.20 bits per heavy atom. The number of rotatable bonds is 3. The number of hydrogen-bond donors (Lipinski definition) is 1. The molecular weight excluding hydrogens is 316 g/mol. The highest BCUT2D eigenvalue weighted by Gasteiger charge is 2.33. The highest BCUT2D eigenvalue weighted by atomic mass is 16.5. The van der Waals surface area contributed by atoms with Crippen LogP contribution in [0.5, 0.6) is 0 Å². The quantitative estimate of drug-likeness (QED) is 0.871. The van der Waals surface area contributed by atoms with Gasteiger partial charge >= 0.3 is 5.97 Å². The van der Waals surface area contributed by atoms with Gasteiger partial charge in [0, 0.05) is 6.20 Å². The molecule has 1 atom stereocenters. The summed E-state index contributed by atoms with van der Waals surface area (Å²) < 4.78 is 4.64. The van der Waals surface area contributed by atoms with Crippen molar-refractivity contribution < 1.29 is 14.3 Å². The number of carbonyl (C=O) groups excluding carboxylic acids is 2. The van der Waals surface area contributed by atoms with E-state index in [1.165, 1.54) is 24.4 Å². The Bertz CT molecular complexity index is 797. The minimum atomic E-state index is -0.470. The fourth-order valence-electron chi connectivity index (χ4n) is 3.36. The Labute approximate surface area is 147 Å². The minimum Gasteiger partial charge on any atom is -0.465 e. The van der Waals surface area contributed by atoms with Crippen LogP contribution >= 0.6 is 0 Å². The molecule has 1 N–H and O–H groups in total. The average Bonchev–Trinajstić information content (AvgIpc) is 2.63. The van der Waals surface area contributed by atoms with Crippen molar-refractivity contribution in [2.24, 2.45) is 0 Å². The van der Waals surface area contributed by atoms with Gasteiger partial charge in [-0.05, 0) is 41.5 Å². The monoisotopic (exact) mass is 338 g/mol. The van der Waals surface area contributed by atoms with Crippen molar-refractivity contribution in [3.63, 3.8) is 0 Å².